The van der Waals surface area contributed by atoms with E-state index in [1.165, 1.54) is 24.3 Å². The van der Waals surface area contributed by atoms with Gasteiger partial charge in [-0.25, -0.2) is 4.39 Å². The molecule has 0 bridgehead atoms. The van der Waals surface area contributed by atoms with Gasteiger partial charge in [0.2, 0.25) is 0 Å². The lowest BCUT2D eigenvalue weighted by Gasteiger charge is -2.12. The van der Waals surface area contributed by atoms with Gasteiger partial charge in [0.05, 0.1) is 5.57 Å². The highest BCUT2D eigenvalue weighted by Gasteiger charge is 2.38. The van der Waals surface area contributed by atoms with E-state index in [-0.39, 0.29) is 12.1 Å². The van der Waals surface area contributed by atoms with E-state index in [1.54, 1.807) is 0 Å². The Morgan fingerprint density at radius 3 is 2.33 bits per heavy atom. The Kier molecular flexibility index (Phi) is 3.14. The van der Waals surface area contributed by atoms with Crippen molar-refractivity contribution in [3.8, 4) is 0 Å². The molecule has 1 aromatic carbocycles. The Hall–Kier alpha value is -2.17. The quantitative estimate of drug-likeness (QED) is 0.832. The predicted octanol–water partition coefficient (Wildman–Crippen LogP) is 1.87. The number of rotatable bonds is 3. The number of hydrogen-bond acceptors (Lipinski definition) is 3. The molecule has 0 radical (unpaired) electrons. The summed E-state index contributed by atoms with van der Waals surface area (Å²) in [5.41, 5.74) is 0.277. The minimum Gasteiger partial charge on any atom is -0.502 e. The van der Waals surface area contributed by atoms with Crippen molar-refractivity contribution >= 4 is 17.4 Å². The molecule has 0 aromatic heterocycles. The first-order valence-corrected chi connectivity index (χ1v) is 5.61. The molecular formula is C13H12FNO3. The van der Waals surface area contributed by atoms with E-state index >= 15 is 0 Å². The Bertz CT molecular complexity index is 534. The molecule has 5 heteroatoms. The second-order valence-electron chi connectivity index (χ2n) is 3.99. The summed E-state index contributed by atoms with van der Waals surface area (Å²) in [6, 6.07) is 5.08. The third-order valence-corrected chi connectivity index (χ3v) is 2.72. The molecule has 1 N–H and O–H groups in total. The summed E-state index contributed by atoms with van der Waals surface area (Å²) in [6.45, 7) is 2.08. The van der Waals surface area contributed by atoms with E-state index in [2.05, 4.69) is 0 Å². The predicted molar refractivity (Wildman–Crippen MR) is 63.0 cm³/mol. The van der Waals surface area contributed by atoms with Crippen LogP contribution in [0.5, 0.6) is 0 Å². The van der Waals surface area contributed by atoms with Gasteiger partial charge in [-0.15, -0.1) is 0 Å². The first kappa shape index (κ1) is 12.3. The van der Waals surface area contributed by atoms with Gasteiger partial charge in [0.25, 0.3) is 11.8 Å². The van der Waals surface area contributed by atoms with Crippen molar-refractivity contribution in [2.24, 2.45) is 0 Å². The lowest BCUT2D eigenvalue weighted by atomic mass is 10.1. The van der Waals surface area contributed by atoms with Crippen molar-refractivity contribution in [2.75, 3.05) is 6.54 Å². The minimum atomic E-state index is -0.693. The average Bonchev–Trinajstić information content (AvgIpc) is 2.56. The van der Waals surface area contributed by atoms with E-state index in [0.717, 1.165) is 4.90 Å². The molecule has 1 aromatic rings. The normalized spacial score (nSPS) is 15.8. The summed E-state index contributed by atoms with van der Waals surface area (Å²) in [6.07, 6.45) is 0.613. The molecule has 0 saturated heterocycles. The van der Waals surface area contributed by atoms with Crippen LogP contribution in [0.4, 0.5) is 4.39 Å². The molecule has 0 spiro atoms. The van der Waals surface area contributed by atoms with Crippen molar-refractivity contribution in [3.63, 3.8) is 0 Å². The summed E-state index contributed by atoms with van der Waals surface area (Å²) in [5, 5.41) is 9.72. The van der Waals surface area contributed by atoms with Crippen LogP contribution >= 0.6 is 0 Å². The molecule has 0 atom stereocenters. The average molecular weight is 249 g/mol. The van der Waals surface area contributed by atoms with Crippen LogP contribution in [0.1, 0.15) is 18.9 Å². The number of imide groups is 1. The maximum Gasteiger partial charge on any atom is 0.296 e. The van der Waals surface area contributed by atoms with Crippen LogP contribution in [-0.4, -0.2) is 28.4 Å². The van der Waals surface area contributed by atoms with Gasteiger partial charge >= 0.3 is 0 Å². The topological polar surface area (TPSA) is 57.6 Å². The number of nitrogens with zero attached hydrogens (tertiary/aromatic N) is 1. The zero-order valence-corrected chi connectivity index (χ0v) is 9.81. The Labute approximate surface area is 103 Å². The van der Waals surface area contributed by atoms with Crippen LogP contribution in [0.2, 0.25) is 0 Å². The lowest BCUT2D eigenvalue weighted by molar-refractivity contribution is -0.138. The minimum absolute atomic E-state index is 0.0616. The molecule has 94 valence electrons. The van der Waals surface area contributed by atoms with Crippen molar-refractivity contribution in [1.82, 2.24) is 4.90 Å². The van der Waals surface area contributed by atoms with E-state index in [4.69, 9.17) is 0 Å². The van der Waals surface area contributed by atoms with Crippen LogP contribution in [-0.2, 0) is 9.59 Å². The van der Waals surface area contributed by atoms with Gasteiger partial charge in [0, 0.05) is 6.54 Å². The zero-order valence-electron chi connectivity index (χ0n) is 9.81. The fourth-order valence-electron chi connectivity index (χ4n) is 1.87. The third-order valence-electron chi connectivity index (χ3n) is 2.72. The fraction of sp³-hybridized carbons (Fsp3) is 0.231. The molecule has 2 amide bonds. The lowest BCUT2D eigenvalue weighted by Crippen LogP contribution is -2.32. The van der Waals surface area contributed by atoms with E-state index in [0.29, 0.717) is 12.0 Å². The van der Waals surface area contributed by atoms with Gasteiger partial charge in [-0.3, -0.25) is 14.5 Å². The number of amides is 2. The van der Waals surface area contributed by atoms with Gasteiger partial charge in [-0.2, -0.15) is 0 Å². The van der Waals surface area contributed by atoms with Crippen molar-refractivity contribution in [3.05, 3.63) is 41.4 Å². The van der Waals surface area contributed by atoms with Gasteiger partial charge in [0.15, 0.2) is 5.76 Å². The van der Waals surface area contributed by atoms with Crippen molar-refractivity contribution in [1.29, 1.82) is 0 Å². The molecule has 0 fully saturated rings. The second kappa shape index (κ2) is 4.60. The van der Waals surface area contributed by atoms with Crippen molar-refractivity contribution < 1.29 is 19.1 Å². The van der Waals surface area contributed by atoms with Crippen LogP contribution in [0, 0.1) is 5.82 Å². The molecule has 1 aliphatic rings. The third kappa shape index (κ3) is 1.88. The van der Waals surface area contributed by atoms with E-state index in [1.807, 2.05) is 6.92 Å². The molecule has 1 heterocycles. The molecule has 0 aliphatic carbocycles. The van der Waals surface area contributed by atoms with E-state index in [9.17, 15) is 19.1 Å². The smallest absolute Gasteiger partial charge is 0.296 e. The maximum atomic E-state index is 12.8. The summed E-state index contributed by atoms with van der Waals surface area (Å²) in [7, 11) is 0. The number of carbonyl (C=O) groups is 2. The molecule has 0 unspecified atom stereocenters. The Balaban J connectivity index is 2.41. The highest BCUT2D eigenvalue weighted by atomic mass is 19.1. The molecule has 1 aliphatic heterocycles. The number of carbonyl (C=O) groups excluding carboxylic acids is 2. The number of benzene rings is 1. The Morgan fingerprint density at radius 2 is 1.78 bits per heavy atom. The highest BCUT2D eigenvalue weighted by molar-refractivity contribution is 6.34. The molecule has 0 saturated carbocycles. The summed E-state index contributed by atoms with van der Waals surface area (Å²) < 4.78 is 12.8. The highest BCUT2D eigenvalue weighted by Crippen LogP contribution is 2.28. The second-order valence-corrected chi connectivity index (χ2v) is 3.99. The van der Waals surface area contributed by atoms with E-state index < -0.39 is 23.4 Å². The molecule has 2 rings (SSSR count). The van der Waals surface area contributed by atoms with Gasteiger partial charge in [0.1, 0.15) is 5.82 Å². The van der Waals surface area contributed by atoms with Gasteiger partial charge in [-0.1, -0.05) is 19.1 Å². The standard InChI is InChI=1S/C13H12FNO3/c1-2-7-15-12(17)10(11(16)13(15)18)8-3-5-9(14)6-4-8/h3-6,16H,2,7H2,1H3. The summed E-state index contributed by atoms with van der Waals surface area (Å²) in [5.74, 6) is -2.24. The van der Waals surface area contributed by atoms with Crippen LogP contribution in [0.25, 0.3) is 5.57 Å². The summed E-state index contributed by atoms with van der Waals surface area (Å²) >= 11 is 0. The number of aliphatic hydroxyl groups is 1. The van der Waals surface area contributed by atoms with Gasteiger partial charge in [-0.05, 0) is 24.1 Å². The fourth-order valence-corrected chi connectivity index (χ4v) is 1.87. The SMILES string of the molecule is CCCN1C(=O)C(O)=C(c2ccc(F)cc2)C1=O. The number of aliphatic hydroxyl groups excluding tert-OH is 1. The van der Waals surface area contributed by atoms with Crippen LogP contribution in [0.15, 0.2) is 30.0 Å². The maximum absolute atomic E-state index is 12.8. The molecular weight excluding hydrogens is 237 g/mol. The summed E-state index contributed by atoms with van der Waals surface area (Å²) in [4.78, 5) is 24.7. The molecule has 4 nitrogen and oxygen atoms in total. The van der Waals surface area contributed by atoms with Crippen molar-refractivity contribution in [2.45, 2.75) is 13.3 Å². The van der Waals surface area contributed by atoms with Crippen LogP contribution < -0.4 is 0 Å². The van der Waals surface area contributed by atoms with Crippen LogP contribution in [0.3, 0.4) is 0 Å². The first-order valence-electron chi connectivity index (χ1n) is 5.61. The first-order chi connectivity index (χ1) is 8.56. The largest absolute Gasteiger partial charge is 0.502 e. The number of halogens is 1. The Morgan fingerprint density at radius 1 is 1.17 bits per heavy atom. The monoisotopic (exact) mass is 249 g/mol. The van der Waals surface area contributed by atoms with Gasteiger partial charge < -0.3 is 5.11 Å². The molecule has 18 heavy (non-hydrogen) atoms. The number of hydrogen-bond donors (Lipinski definition) is 1. The zero-order chi connectivity index (χ0) is 13.3.